The van der Waals surface area contributed by atoms with Crippen LogP contribution in [0.1, 0.15) is 6.92 Å². The van der Waals surface area contributed by atoms with E-state index in [2.05, 4.69) is 20.4 Å². The molecule has 2 aromatic rings. The minimum atomic E-state index is -1.39. The van der Waals surface area contributed by atoms with Gasteiger partial charge in [0.1, 0.15) is 12.0 Å². The molecular weight excluding hydrogens is 308 g/mol. The smallest absolute Gasteiger partial charge is 0.267 e. The van der Waals surface area contributed by atoms with E-state index in [1.807, 2.05) is 0 Å². The molecule has 1 atom stereocenters. The molecule has 118 valence electrons. The molecule has 0 spiro atoms. The summed E-state index contributed by atoms with van der Waals surface area (Å²) < 4.78 is 6.54. The molecule has 0 aliphatic carbocycles. The highest BCUT2D eigenvalue weighted by Crippen LogP contribution is 2.32. The predicted octanol–water partition coefficient (Wildman–Crippen LogP) is 1.30. The van der Waals surface area contributed by atoms with Gasteiger partial charge in [-0.25, -0.2) is 9.67 Å². The summed E-state index contributed by atoms with van der Waals surface area (Å²) in [6.45, 7) is 1.54. The zero-order valence-electron chi connectivity index (χ0n) is 12.7. The van der Waals surface area contributed by atoms with Crippen molar-refractivity contribution in [2.75, 3.05) is 31.4 Å². The molecule has 1 unspecified atom stereocenters. The van der Waals surface area contributed by atoms with Crippen LogP contribution in [0.3, 0.4) is 0 Å². The third-order valence-corrected chi connectivity index (χ3v) is 3.34. The molecule has 2 aromatic heterocycles. The van der Waals surface area contributed by atoms with E-state index in [0.29, 0.717) is 11.5 Å². The van der Waals surface area contributed by atoms with Gasteiger partial charge in [-0.15, -0.1) is 0 Å². The number of methoxy groups -OCH3 is 1. The number of halogens is 1. The lowest BCUT2D eigenvalue weighted by molar-refractivity contribution is -0.120. The number of ether oxygens (including phenoxy) is 1. The Morgan fingerprint density at radius 3 is 2.73 bits per heavy atom. The fraction of sp³-hybridized carbons (Fsp3) is 0.385. The summed E-state index contributed by atoms with van der Waals surface area (Å²) in [7, 11) is 5.06. The maximum absolute atomic E-state index is 12.5. The molecule has 0 aliphatic heterocycles. The topological polar surface area (TPSA) is 85.2 Å². The van der Waals surface area contributed by atoms with Crippen molar-refractivity contribution in [1.29, 1.82) is 0 Å². The minimum absolute atomic E-state index is 0.250. The molecule has 0 saturated heterocycles. The summed E-state index contributed by atoms with van der Waals surface area (Å²) in [4.78, 5) is 21.0. The average molecular weight is 325 g/mol. The predicted molar refractivity (Wildman–Crippen MR) is 83.3 cm³/mol. The number of rotatable bonds is 5. The van der Waals surface area contributed by atoms with E-state index in [0.717, 1.165) is 0 Å². The lowest BCUT2D eigenvalue weighted by Crippen LogP contribution is -2.39. The van der Waals surface area contributed by atoms with Gasteiger partial charge in [-0.3, -0.25) is 4.79 Å². The molecule has 9 heteroatoms. The molecule has 0 radical (unpaired) electrons. The molecule has 0 aliphatic rings. The number of hydrogen-bond acceptors (Lipinski definition) is 6. The highest BCUT2D eigenvalue weighted by molar-refractivity contribution is 6.34. The summed E-state index contributed by atoms with van der Waals surface area (Å²) in [5, 5.41) is 6.72. The van der Waals surface area contributed by atoms with Gasteiger partial charge in [-0.05, 0) is 13.0 Å². The van der Waals surface area contributed by atoms with Gasteiger partial charge in [0.15, 0.2) is 5.82 Å². The standard InChI is InChI=1S/C13H17ClN6O2/c1-13(14,20-7-5-6-17-20)12(21)18-9-10(19(2)3)15-8-16-11(9)22-4/h5-8H,1-4H3,(H,18,21). The van der Waals surface area contributed by atoms with Crippen molar-refractivity contribution >= 4 is 29.0 Å². The first-order valence-electron chi connectivity index (χ1n) is 6.44. The molecule has 0 bridgehead atoms. The monoisotopic (exact) mass is 324 g/mol. The van der Waals surface area contributed by atoms with Crippen molar-refractivity contribution in [3.63, 3.8) is 0 Å². The second-order valence-corrected chi connectivity index (χ2v) is 5.57. The van der Waals surface area contributed by atoms with Crippen molar-refractivity contribution in [2.24, 2.45) is 0 Å². The van der Waals surface area contributed by atoms with Gasteiger partial charge < -0.3 is 15.0 Å². The van der Waals surface area contributed by atoms with Crippen molar-refractivity contribution in [1.82, 2.24) is 19.7 Å². The first-order valence-corrected chi connectivity index (χ1v) is 6.82. The number of anilines is 2. The van der Waals surface area contributed by atoms with E-state index in [4.69, 9.17) is 16.3 Å². The zero-order valence-corrected chi connectivity index (χ0v) is 13.5. The van der Waals surface area contributed by atoms with Gasteiger partial charge in [0.25, 0.3) is 5.91 Å². The molecule has 1 N–H and O–H groups in total. The Labute approximate surface area is 133 Å². The maximum atomic E-state index is 12.5. The van der Waals surface area contributed by atoms with Crippen LogP contribution in [0.15, 0.2) is 24.8 Å². The molecule has 0 saturated carbocycles. The van der Waals surface area contributed by atoms with E-state index in [1.165, 1.54) is 18.1 Å². The first-order chi connectivity index (χ1) is 10.4. The Bertz CT molecular complexity index is 657. The molecule has 2 rings (SSSR count). The third-order valence-electron chi connectivity index (χ3n) is 3.00. The Morgan fingerprint density at radius 2 is 2.18 bits per heavy atom. The van der Waals surface area contributed by atoms with Crippen molar-refractivity contribution in [3.05, 3.63) is 24.8 Å². The minimum Gasteiger partial charge on any atom is -0.479 e. The number of carbonyl (C=O) groups is 1. The second kappa shape index (κ2) is 6.18. The van der Waals surface area contributed by atoms with Crippen molar-refractivity contribution in [3.8, 4) is 5.88 Å². The highest BCUT2D eigenvalue weighted by atomic mass is 35.5. The van der Waals surface area contributed by atoms with Gasteiger partial charge in [-0.2, -0.15) is 10.1 Å². The maximum Gasteiger partial charge on any atom is 0.267 e. The quantitative estimate of drug-likeness (QED) is 0.834. The van der Waals surface area contributed by atoms with E-state index in [1.54, 1.807) is 44.4 Å². The van der Waals surface area contributed by atoms with Gasteiger partial charge in [0.2, 0.25) is 10.9 Å². The summed E-state index contributed by atoms with van der Waals surface area (Å²) in [5.41, 5.74) is 0.346. The molecule has 0 fully saturated rings. The normalized spacial score (nSPS) is 13.3. The summed E-state index contributed by atoms with van der Waals surface area (Å²) in [6, 6.07) is 1.69. The van der Waals surface area contributed by atoms with Gasteiger partial charge in [0.05, 0.1) is 7.11 Å². The average Bonchev–Trinajstić information content (AvgIpc) is 3.02. The lowest BCUT2D eigenvalue weighted by atomic mass is 10.3. The van der Waals surface area contributed by atoms with Crippen LogP contribution in [0, 0.1) is 0 Å². The van der Waals surface area contributed by atoms with Crippen LogP contribution in [0.4, 0.5) is 11.5 Å². The molecule has 1 amide bonds. The lowest BCUT2D eigenvalue weighted by Gasteiger charge is -2.24. The highest BCUT2D eigenvalue weighted by Gasteiger charge is 2.34. The number of nitrogens with one attached hydrogen (secondary N) is 1. The second-order valence-electron chi connectivity index (χ2n) is 4.83. The van der Waals surface area contributed by atoms with Crippen LogP contribution in [-0.2, 0) is 9.79 Å². The fourth-order valence-corrected chi connectivity index (χ4v) is 1.96. The van der Waals surface area contributed by atoms with Gasteiger partial charge in [0, 0.05) is 26.5 Å². The largest absolute Gasteiger partial charge is 0.479 e. The van der Waals surface area contributed by atoms with Crippen LogP contribution < -0.4 is 15.0 Å². The van der Waals surface area contributed by atoms with Crippen LogP contribution in [0.2, 0.25) is 0 Å². The third kappa shape index (κ3) is 2.96. The van der Waals surface area contributed by atoms with E-state index >= 15 is 0 Å². The molecule has 22 heavy (non-hydrogen) atoms. The van der Waals surface area contributed by atoms with Gasteiger partial charge >= 0.3 is 0 Å². The molecule has 8 nitrogen and oxygen atoms in total. The van der Waals surface area contributed by atoms with Gasteiger partial charge in [-0.1, -0.05) is 11.6 Å². The first kappa shape index (κ1) is 16.0. The number of alkyl halides is 1. The molecule has 0 aromatic carbocycles. The van der Waals surface area contributed by atoms with E-state index < -0.39 is 10.9 Å². The SMILES string of the molecule is COc1ncnc(N(C)C)c1NC(=O)C(C)(Cl)n1cccn1. The number of carbonyl (C=O) groups excluding carboxylic acids is 1. The van der Waals surface area contributed by atoms with E-state index in [-0.39, 0.29) is 5.88 Å². The van der Waals surface area contributed by atoms with Crippen LogP contribution in [0.25, 0.3) is 0 Å². The number of hydrogen-bond donors (Lipinski definition) is 1. The number of aromatic nitrogens is 4. The number of nitrogens with zero attached hydrogens (tertiary/aromatic N) is 5. The van der Waals surface area contributed by atoms with E-state index in [9.17, 15) is 4.79 Å². The Hall–Kier alpha value is -2.35. The summed E-state index contributed by atoms with van der Waals surface area (Å²) >= 11 is 6.32. The summed E-state index contributed by atoms with van der Waals surface area (Å²) in [5.74, 6) is 0.280. The Morgan fingerprint density at radius 1 is 1.45 bits per heavy atom. The van der Waals surface area contributed by atoms with Crippen LogP contribution in [-0.4, -0.2) is 46.9 Å². The zero-order chi connectivity index (χ0) is 16.3. The van der Waals surface area contributed by atoms with Crippen LogP contribution in [0.5, 0.6) is 5.88 Å². The van der Waals surface area contributed by atoms with Crippen LogP contribution >= 0.6 is 11.6 Å². The van der Waals surface area contributed by atoms with Crippen molar-refractivity contribution in [2.45, 2.75) is 11.9 Å². The van der Waals surface area contributed by atoms with Crippen molar-refractivity contribution < 1.29 is 9.53 Å². The molecular formula is C13H17ClN6O2. The Balaban J connectivity index is 2.36. The fourth-order valence-electron chi connectivity index (χ4n) is 1.81. The number of amides is 1. The summed E-state index contributed by atoms with van der Waals surface area (Å²) in [6.07, 6.45) is 4.51. The molecule has 2 heterocycles. The Kier molecular flexibility index (Phi) is 4.51.